The maximum absolute atomic E-state index is 2.34. The third-order valence-corrected chi connectivity index (χ3v) is 3.32. The Hall–Kier alpha value is -1.82. The molecule has 2 aromatic rings. The molecule has 3 rings (SSSR count). The molecule has 1 atom stereocenters. The average Bonchev–Trinajstić information content (AvgIpc) is 3.10. The minimum absolute atomic E-state index is 0.776. The first-order valence-corrected chi connectivity index (χ1v) is 6.21. The van der Waals surface area contributed by atoms with Gasteiger partial charge in [-0.05, 0) is 29.9 Å². The molecule has 0 amide bonds. The molecular formula is C17H16. The van der Waals surface area contributed by atoms with Gasteiger partial charge in [0.25, 0.3) is 0 Å². The lowest BCUT2D eigenvalue weighted by molar-refractivity contribution is 0.862. The number of benzene rings is 2. The highest BCUT2D eigenvalue weighted by Crippen LogP contribution is 2.41. The van der Waals surface area contributed by atoms with Crippen LogP contribution in [-0.2, 0) is 6.42 Å². The molecule has 0 heterocycles. The highest BCUT2D eigenvalue weighted by Gasteiger charge is 2.28. The van der Waals surface area contributed by atoms with Crippen molar-refractivity contribution in [2.45, 2.75) is 12.8 Å². The Labute approximate surface area is 103 Å². The molecule has 0 saturated heterocycles. The highest BCUT2D eigenvalue weighted by atomic mass is 14.3. The fourth-order valence-electron chi connectivity index (χ4n) is 2.27. The van der Waals surface area contributed by atoms with Crippen molar-refractivity contribution in [1.82, 2.24) is 0 Å². The van der Waals surface area contributed by atoms with E-state index in [1.807, 2.05) is 0 Å². The van der Waals surface area contributed by atoms with Gasteiger partial charge in [-0.2, -0.15) is 0 Å². The van der Waals surface area contributed by atoms with E-state index in [1.54, 1.807) is 5.57 Å². The lowest BCUT2D eigenvalue weighted by Gasteiger charge is -1.96. The first-order valence-electron chi connectivity index (χ1n) is 6.21. The predicted molar refractivity (Wildman–Crippen MR) is 72.7 cm³/mol. The van der Waals surface area contributed by atoms with Crippen molar-refractivity contribution in [3.63, 3.8) is 0 Å². The second-order valence-electron chi connectivity index (χ2n) is 4.72. The average molecular weight is 220 g/mol. The molecule has 0 heteroatoms. The van der Waals surface area contributed by atoms with Gasteiger partial charge in [0.05, 0.1) is 0 Å². The maximum Gasteiger partial charge on any atom is -0.0122 e. The van der Waals surface area contributed by atoms with Gasteiger partial charge < -0.3 is 0 Å². The zero-order valence-electron chi connectivity index (χ0n) is 9.84. The van der Waals surface area contributed by atoms with E-state index in [2.05, 4.69) is 66.7 Å². The zero-order valence-corrected chi connectivity index (χ0v) is 9.84. The quantitative estimate of drug-likeness (QED) is 0.722. The van der Waals surface area contributed by atoms with Crippen molar-refractivity contribution in [3.05, 3.63) is 77.4 Å². The molecule has 0 bridgehead atoms. The van der Waals surface area contributed by atoms with E-state index in [9.17, 15) is 0 Å². The van der Waals surface area contributed by atoms with Gasteiger partial charge in [0.15, 0.2) is 0 Å². The Balaban J connectivity index is 1.66. The van der Waals surface area contributed by atoms with Crippen LogP contribution >= 0.6 is 0 Å². The molecule has 0 aromatic heterocycles. The van der Waals surface area contributed by atoms with Crippen molar-refractivity contribution in [1.29, 1.82) is 0 Å². The molecule has 1 saturated carbocycles. The van der Waals surface area contributed by atoms with Crippen LogP contribution in [0.2, 0.25) is 0 Å². The van der Waals surface area contributed by atoms with E-state index in [-0.39, 0.29) is 0 Å². The molecule has 1 fully saturated rings. The second kappa shape index (κ2) is 4.58. The van der Waals surface area contributed by atoms with Gasteiger partial charge in [-0.15, -0.1) is 0 Å². The van der Waals surface area contributed by atoms with Crippen LogP contribution < -0.4 is 0 Å². The summed E-state index contributed by atoms with van der Waals surface area (Å²) >= 11 is 0. The van der Waals surface area contributed by atoms with Crippen molar-refractivity contribution in [3.8, 4) is 0 Å². The van der Waals surface area contributed by atoms with Gasteiger partial charge in [-0.3, -0.25) is 0 Å². The van der Waals surface area contributed by atoms with Gasteiger partial charge in [-0.1, -0.05) is 72.3 Å². The number of rotatable bonds is 3. The molecule has 1 aliphatic carbocycles. The number of hydrogen-bond donors (Lipinski definition) is 0. The standard InChI is InChI=1S/C17H16/c1-3-7-14(8-4-1)11-16-13-17(16)12-15-9-5-2-6-10-15/h1-11,17H,12-13H2. The van der Waals surface area contributed by atoms with Crippen LogP contribution in [-0.4, -0.2) is 0 Å². The SMILES string of the molecule is C(=C1CC1Cc1ccccc1)c1ccccc1. The first kappa shape index (κ1) is 10.3. The summed E-state index contributed by atoms with van der Waals surface area (Å²) in [5.41, 5.74) is 4.38. The third-order valence-electron chi connectivity index (χ3n) is 3.32. The van der Waals surface area contributed by atoms with Crippen LogP contribution in [0.25, 0.3) is 6.08 Å². The van der Waals surface area contributed by atoms with E-state index in [1.165, 1.54) is 24.0 Å². The molecule has 0 N–H and O–H groups in total. The van der Waals surface area contributed by atoms with Gasteiger partial charge >= 0.3 is 0 Å². The largest absolute Gasteiger partial charge is 0.0653 e. The zero-order chi connectivity index (χ0) is 11.5. The van der Waals surface area contributed by atoms with E-state index < -0.39 is 0 Å². The molecule has 1 aliphatic rings. The monoisotopic (exact) mass is 220 g/mol. The van der Waals surface area contributed by atoms with Crippen molar-refractivity contribution >= 4 is 6.08 Å². The number of hydrogen-bond acceptors (Lipinski definition) is 0. The Kier molecular flexibility index (Phi) is 2.79. The van der Waals surface area contributed by atoms with E-state index in [0.29, 0.717) is 0 Å². The molecule has 0 spiro atoms. The minimum atomic E-state index is 0.776. The van der Waals surface area contributed by atoms with Crippen molar-refractivity contribution < 1.29 is 0 Å². The lowest BCUT2D eigenvalue weighted by Crippen LogP contribution is -1.85. The van der Waals surface area contributed by atoms with Crippen LogP contribution in [0.5, 0.6) is 0 Å². The fraction of sp³-hybridized carbons (Fsp3) is 0.176. The van der Waals surface area contributed by atoms with E-state index in [0.717, 1.165) is 5.92 Å². The van der Waals surface area contributed by atoms with Gasteiger partial charge in [-0.25, -0.2) is 0 Å². The Morgan fingerprint density at radius 2 is 1.53 bits per heavy atom. The van der Waals surface area contributed by atoms with Crippen molar-refractivity contribution in [2.24, 2.45) is 5.92 Å². The maximum atomic E-state index is 2.34. The molecule has 0 nitrogen and oxygen atoms in total. The molecular weight excluding hydrogens is 204 g/mol. The summed E-state index contributed by atoms with van der Waals surface area (Å²) in [6, 6.07) is 21.4. The van der Waals surface area contributed by atoms with Crippen LogP contribution in [0.15, 0.2) is 66.2 Å². The van der Waals surface area contributed by atoms with Crippen LogP contribution in [0, 0.1) is 5.92 Å². The Bertz CT molecular complexity index is 508. The molecule has 0 radical (unpaired) electrons. The topological polar surface area (TPSA) is 0 Å². The smallest absolute Gasteiger partial charge is 0.0122 e. The molecule has 17 heavy (non-hydrogen) atoms. The van der Waals surface area contributed by atoms with Crippen LogP contribution in [0.1, 0.15) is 17.5 Å². The summed E-state index contributed by atoms with van der Waals surface area (Å²) in [6.45, 7) is 0. The summed E-state index contributed by atoms with van der Waals surface area (Å²) in [5, 5.41) is 0. The normalized spacial score (nSPS) is 20.5. The summed E-state index contributed by atoms with van der Waals surface area (Å²) < 4.78 is 0. The van der Waals surface area contributed by atoms with Crippen LogP contribution in [0.3, 0.4) is 0 Å². The van der Waals surface area contributed by atoms with Gasteiger partial charge in [0.2, 0.25) is 0 Å². The fourth-order valence-corrected chi connectivity index (χ4v) is 2.27. The predicted octanol–water partition coefficient (Wildman–Crippen LogP) is 4.33. The summed E-state index contributed by atoms with van der Waals surface area (Å²) in [4.78, 5) is 0. The summed E-state index contributed by atoms with van der Waals surface area (Å²) in [5.74, 6) is 0.776. The van der Waals surface area contributed by atoms with Gasteiger partial charge in [0.1, 0.15) is 0 Å². The third kappa shape index (κ3) is 2.65. The lowest BCUT2D eigenvalue weighted by atomic mass is 10.1. The highest BCUT2D eigenvalue weighted by molar-refractivity contribution is 5.57. The minimum Gasteiger partial charge on any atom is -0.0653 e. The molecule has 1 unspecified atom stereocenters. The Morgan fingerprint density at radius 3 is 2.24 bits per heavy atom. The Morgan fingerprint density at radius 1 is 0.882 bits per heavy atom. The van der Waals surface area contributed by atoms with Gasteiger partial charge in [0, 0.05) is 0 Å². The van der Waals surface area contributed by atoms with E-state index in [4.69, 9.17) is 0 Å². The molecule has 2 aromatic carbocycles. The number of allylic oxidation sites excluding steroid dienone is 1. The van der Waals surface area contributed by atoms with E-state index >= 15 is 0 Å². The van der Waals surface area contributed by atoms with Crippen LogP contribution in [0.4, 0.5) is 0 Å². The van der Waals surface area contributed by atoms with Crippen molar-refractivity contribution in [2.75, 3.05) is 0 Å². The second-order valence-corrected chi connectivity index (χ2v) is 4.72. The molecule has 84 valence electrons. The molecule has 0 aliphatic heterocycles. The summed E-state index contributed by atoms with van der Waals surface area (Å²) in [7, 11) is 0. The summed E-state index contributed by atoms with van der Waals surface area (Å²) in [6.07, 6.45) is 4.80. The first-order chi connectivity index (χ1) is 8.42.